The van der Waals surface area contributed by atoms with E-state index in [1.165, 1.54) is 0 Å². The summed E-state index contributed by atoms with van der Waals surface area (Å²) in [6, 6.07) is 11.4. The van der Waals surface area contributed by atoms with Gasteiger partial charge in [-0.05, 0) is 24.3 Å². The lowest BCUT2D eigenvalue weighted by Crippen LogP contribution is -1.87. The summed E-state index contributed by atoms with van der Waals surface area (Å²) < 4.78 is 1.95. The van der Waals surface area contributed by atoms with E-state index in [-0.39, 0.29) is 0 Å². The summed E-state index contributed by atoms with van der Waals surface area (Å²) in [5.74, 6) is 0. The number of rotatable bonds is 1. The van der Waals surface area contributed by atoms with Crippen molar-refractivity contribution in [2.45, 2.75) is 0 Å². The van der Waals surface area contributed by atoms with Crippen molar-refractivity contribution < 1.29 is 0 Å². The number of hydrogen-bond acceptors (Lipinski definition) is 1. The molecule has 2 heterocycles. The third kappa shape index (κ3) is 1.90. The highest BCUT2D eigenvalue weighted by Crippen LogP contribution is 2.24. The van der Waals surface area contributed by atoms with Gasteiger partial charge in [-0.25, -0.2) is 4.98 Å². The second-order valence-corrected chi connectivity index (χ2v) is 4.60. The van der Waals surface area contributed by atoms with Crippen molar-refractivity contribution in [1.82, 2.24) is 9.38 Å². The molecule has 2 aromatic heterocycles. The third-order valence-corrected chi connectivity index (χ3v) is 3.05. The molecule has 0 aliphatic carbocycles. The molecule has 0 N–H and O–H groups in total. The van der Waals surface area contributed by atoms with Gasteiger partial charge in [-0.15, -0.1) is 0 Å². The fourth-order valence-electron chi connectivity index (χ4n) is 1.82. The van der Waals surface area contributed by atoms with Crippen molar-refractivity contribution >= 4 is 28.8 Å². The maximum absolute atomic E-state index is 5.99. The Balaban J connectivity index is 2.27. The van der Waals surface area contributed by atoms with Gasteiger partial charge in [-0.2, -0.15) is 0 Å². The lowest BCUT2D eigenvalue weighted by Gasteiger charge is -2.02. The fourth-order valence-corrected chi connectivity index (χ4v) is 2.17. The first-order chi connectivity index (χ1) is 8.24. The Morgan fingerprint density at radius 1 is 1.00 bits per heavy atom. The van der Waals surface area contributed by atoms with Crippen molar-refractivity contribution in [3.8, 4) is 11.3 Å². The molecule has 17 heavy (non-hydrogen) atoms. The summed E-state index contributed by atoms with van der Waals surface area (Å²) >= 11 is 12.0. The molecule has 0 aliphatic heterocycles. The first-order valence-electron chi connectivity index (χ1n) is 5.12. The maximum Gasteiger partial charge on any atom is 0.137 e. The van der Waals surface area contributed by atoms with Crippen LogP contribution in [0.15, 0.2) is 48.8 Å². The summed E-state index contributed by atoms with van der Waals surface area (Å²) in [6.45, 7) is 0. The van der Waals surface area contributed by atoms with Gasteiger partial charge >= 0.3 is 0 Å². The molecule has 84 valence electrons. The quantitative estimate of drug-likeness (QED) is 0.639. The van der Waals surface area contributed by atoms with E-state index in [1.807, 2.05) is 53.2 Å². The van der Waals surface area contributed by atoms with E-state index >= 15 is 0 Å². The summed E-state index contributed by atoms with van der Waals surface area (Å²) in [5, 5.41) is 1.39. The molecule has 0 saturated heterocycles. The Kier molecular flexibility index (Phi) is 2.54. The Morgan fingerprint density at radius 3 is 2.71 bits per heavy atom. The Bertz CT molecular complexity index is 689. The van der Waals surface area contributed by atoms with Crippen LogP contribution in [-0.4, -0.2) is 9.38 Å². The monoisotopic (exact) mass is 262 g/mol. The lowest BCUT2D eigenvalue weighted by atomic mass is 10.2. The van der Waals surface area contributed by atoms with Crippen LogP contribution >= 0.6 is 23.2 Å². The van der Waals surface area contributed by atoms with Crippen molar-refractivity contribution in [3.63, 3.8) is 0 Å². The van der Waals surface area contributed by atoms with E-state index in [4.69, 9.17) is 23.2 Å². The topological polar surface area (TPSA) is 17.3 Å². The van der Waals surface area contributed by atoms with Crippen LogP contribution in [0.5, 0.6) is 0 Å². The molecule has 3 aromatic rings. The normalized spacial score (nSPS) is 10.9. The highest BCUT2D eigenvalue weighted by atomic mass is 35.5. The minimum Gasteiger partial charge on any atom is -0.298 e. The zero-order chi connectivity index (χ0) is 11.8. The van der Waals surface area contributed by atoms with E-state index in [2.05, 4.69) is 4.98 Å². The molecular weight excluding hydrogens is 255 g/mol. The number of fused-ring (bicyclic) bond motifs is 1. The largest absolute Gasteiger partial charge is 0.298 e. The van der Waals surface area contributed by atoms with Crippen molar-refractivity contribution in [3.05, 3.63) is 58.8 Å². The average Bonchev–Trinajstić information content (AvgIpc) is 2.71. The summed E-state index contributed by atoms with van der Waals surface area (Å²) in [4.78, 5) is 4.33. The predicted molar refractivity (Wildman–Crippen MR) is 70.6 cm³/mol. The highest BCUT2D eigenvalue weighted by Gasteiger charge is 2.06. The SMILES string of the molecule is Clc1cccc(-c2cnc3ccc(Cl)cn23)c1. The molecule has 0 atom stereocenters. The number of pyridine rings is 1. The molecule has 0 fully saturated rings. The van der Waals surface area contributed by atoms with Crippen molar-refractivity contribution in [1.29, 1.82) is 0 Å². The number of nitrogens with zero attached hydrogens (tertiary/aromatic N) is 2. The van der Waals surface area contributed by atoms with Gasteiger partial charge < -0.3 is 0 Å². The molecule has 0 saturated carbocycles. The number of imidazole rings is 1. The smallest absolute Gasteiger partial charge is 0.137 e. The van der Waals surface area contributed by atoms with Crippen LogP contribution in [-0.2, 0) is 0 Å². The van der Waals surface area contributed by atoms with E-state index in [0.717, 1.165) is 16.9 Å². The minimum atomic E-state index is 0.679. The molecule has 3 rings (SSSR count). The van der Waals surface area contributed by atoms with Gasteiger partial charge in [0.25, 0.3) is 0 Å². The van der Waals surface area contributed by atoms with E-state index in [0.29, 0.717) is 10.0 Å². The average molecular weight is 263 g/mol. The Labute approximate surface area is 108 Å². The first-order valence-corrected chi connectivity index (χ1v) is 5.88. The minimum absolute atomic E-state index is 0.679. The molecule has 0 bridgehead atoms. The standard InChI is InChI=1S/C13H8Cl2N2/c14-10-3-1-2-9(6-10)12-7-16-13-5-4-11(15)8-17(12)13/h1-8H. The zero-order valence-electron chi connectivity index (χ0n) is 8.77. The zero-order valence-corrected chi connectivity index (χ0v) is 10.3. The second-order valence-electron chi connectivity index (χ2n) is 3.73. The van der Waals surface area contributed by atoms with Crippen molar-refractivity contribution in [2.75, 3.05) is 0 Å². The molecule has 4 heteroatoms. The van der Waals surface area contributed by atoms with Crippen molar-refractivity contribution in [2.24, 2.45) is 0 Å². The fraction of sp³-hybridized carbons (Fsp3) is 0. The number of halogens is 2. The van der Waals surface area contributed by atoms with Gasteiger partial charge in [-0.1, -0.05) is 35.3 Å². The van der Waals surface area contributed by atoms with Crippen LogP contribution in [0.25, 0.3) is 16.9 Å². The molecule has 0 unspecified atom stereocenters. The molecule has 2 nitrogen and oxygen atoms in total. The van der Waals surface area contributed by atoms with Crippen LogP contribution in [0.1, 0.15) is 0 Å². The van der Waals surface area contributed by atoms with Gasteiger partial charge in [0.1, 0.15) is 5.65 Å². The van der Waals surface area contributed by atoms with E-state index in [1.54, 1.807) is 0 Å². The molecule has 1 aromatic carbocycles. The molecule has 0 radical (unpaired) electrons. The van der Waals surface area contributed by atoms with Crippen LogP contribution in [0.2, 0.25) is 10.0 Å². The van der Waals surface area contributed by atoms with Crippen LogP contribution in [0, 0.1) is 0 Å². The van der Waals surface area contributed by atoms with E-state index < -0.39 is 0 Å². The molecule has 0 spiro atoms. The summed E-state index contributed by atoms with van der Waals surface area (Å²) in [7, 11) is 0. The molecule has 0 aliphatic rings. The Hall–Kier alpha value is -1.51. The highest BCUT2D eigenvalue weighted by molar-refractivity contribution is 6.31. The van der Waals surface area contributed by atoms with Crippen LogP contribution < -0.4 is 0 Å². The third-order valence-electron chi connectivity index (χ3n) is 2.59. The van der Waals surface area contributed by atoms with Gasteiger partial charge in [0.15, 0.2) is 0 Å². The van der Waals surface area contributed by atoms with E-state index in [9.17, 15) is 0 Å². The number of hydrogen-bond donors (Lipinski definition) is 0. The second kappa shape index (κ2) is 4.06. The van der Waals surface area contributed by atoms with Crippen LogP contribution in [0.4, 0.5) is 0 Å². The lowest BCUT2D eigenvalue weighted by molar-refractivity contribution is 1.19. The van der Waals surface area contributed by atoms with Gasteiger partial charge in [0, 0.05) is 16.8 Å². The van der Waals surface area contributed by atoms with Gasteiger partial charge in [0.2, 0.25) is 0 Å². The molecular formula is C13H8Cl2N2. The molecule has 0 amide bonds. The maximum atomic E-state index is 5.99. The Morgan fingerprint density at radius 2 is 1.88 bits per heavy atom. The first kappa shape index (κ1) is 10.6. The summed E-state index contributed by atoms with van der Waals surface area (Å²) in [6.07, 6.45) is 3.66. The predicted octanol–water partition coefficient (Wildman–Crippen LogP) is 4.31. The number of benzene rings is 1. The number of aromatic nitrogens is 2. The summed E-state index contributed by atoms with van der Waals surface area (Å²) in [5.41, 5.74) is 2.86. The van der Waals surface area contributed by atoms with Gasteiger partial charge in [0.05, 0.1) is 16.9 Å². The van der Waals surface area contributed by atoms with Gasteiger partial charge in [-0.3, -0.25) is 4.40 Å². The van der Waals surface area contributed by atoms with Crippen LogP contribution in [0.3, 0.4) is 0 Å².